The van der Waals surface area contributed by atoms with E-state index in [4.69, 9.17) is 56.8 Å². The van der Waals surface area contributed by atoms with Crippen molar-refractivity contribution >= 4 is 0 Å². The van der Waals surface area contributed by atoms with Crippen LogP contribution in [-0.4, -0.2) is 281 Å². The van der Waals surface area contributed by atoms with Crippen molar-refractivity contribution in [3.63, 3.8) is 0 Å². The summed E-state index contributed by atoms with van der Waals surface area (Å²) in [7, 11) is 0. The molecule has 84 heavy (non-hydrogen) atoms. The van der Waals surface area contributed by atoms with Crippen molar-refractivity contribution in [3.8, 4) is 0 Å². The molecule has 11 rings (SSSR count). The third-order valence-electron chi connectivity index (χ3n) is 22.5. The molecule has 7 saturated heterocycles. The van der Waals surface area contributed by atoms with Gasteiger partial charge in [-0.25, -0.2) is 0 Å². The second-order valence-corrected chi connectivity index (χ2v) is 27.1. The molecular weight excluding hydrogens is 1120 g/mol. The van der Waals surface area contributed by atoms with E-state index in [2.05, 4.69) is 27.7 Å². The number of hydrogen-bond acceptors (Lipinski definition) is 27. The van der Waals surface area contributed by atoms with E-state index in [9.17, 15) is 76.6 Å². The van der Waals surface area contributed by atoms with Gasteiger partial charge in [-0.05, 0) is 111 Å². The van der Waals surface area contributed by atoms with Crippen LogP contribution < -0.4 is 0 Å². The summed E-state index contributed by atoms with van der Waals surface area (Å²) in [6.07, 6.45) is -34.6. The van der Waals surface area contributed by atoms with Crippen LogP contribution in [-0.2, 0) is 56.8 Å². The van der Waals surface area contributed by atoms with Crippen molar-refractivity contribution in [2.45, 2.75) is 270 Å². The van der Waals surface area contributed by atoms with Crippen molar-refractivity contribution in [1.82, 2.24) is 0 Å². The van der Waals surface area contributed by atoms with E-state index in [1.54, 1.807) is 0 Å². The first-order chi connectivity index (χ1) is 39.9. The fourth-order valence-electron chi connectivity index (χ4n) is 17.6. The summed E-state index contributed by atoms with van der Waals surface area (Å²) >= 11 is 0. The molecule has 0 aromatic rings. The number of fused-ring (bicyclic) bond motifs is 7. The molecule has 0 aromatic carbocycles. The second-order valence-electron chi connectivity index (χ2n) is 27.1. The molecular formula is C57H94O27. The van der Waals surface area contributed by atoms with Gasteiger partial charge in [0.25, 0.3) is 0 Å². The number of aliphatic hydroxyl groups excluding tert-OH is 15. The zero-order valence-electron chi connectivity index (χ0n) is 48.3. The third-order valence-corrected chi connectivity index (χ3v) is 22.5. The van der Waals surface area contributed by atoms with Gasteiger partial charge in [0, 0.05) is 12.3 Å². The van der Waals surface area contributed by atoms with Gasteiger partial charge in [-0.15, -0.1) is 0 Å². The third kappa shape index (κ3) is 11.2. The molecule has 7 aliphatic heterocycles. The molecule has 27 nitrogen and oxygen atoms in total. The Balaban J connectivity index is 0.724. The van der Waals surface area contributed by atoms with E-state index in [0.29, 0.717) is 54.3 Å². The van der Waals surface area contributed by atoms with Gasteiger partial charge < -0.3 is 133 Å². The van der Waals surface area contributed by atoms with E-state index in [1.165, 1.54) is 6.92 Å². The highest BCUT2D eigenvalue weighted by atomic mass is 16.8. The Morgan fingerprint density at radius 1 is 0.429 bits per heavy atom. The standard InChI is InChI=1S/C57H94O27/c1-21-8-13-57(73-20-21)22(2)34-29(84-57)15-28-26-7-6-24-14-25(9-11-55(24,4)27(26)10-12-56(28,34)5)75-51-43(70)40(67)47(33(19-61)78-51)81-54-49(39(66)36(63)30(16-58)77-54)83-53-45(72)48(37(64)31(17-59)76-53)82-52-44(71)41(68)46(32(18-60)79-52)80-50-42(69)38(65)35(62)23(3)74-50/h21-54,58-72H,6-20H2,1-5H3/t21-,22+,23+,24+,25+,26-,27+,28+,29+,30-,31-,32-,33-,34+,35+,36-,37-,38-,39+,40-,41-,42-,43-,44-,45-,46-,47+,48+,49-,50+,51-,52+,53+,54+,55+,56+,57-/m1/s1. The van der Waals surface area contributed by atoms with E-state index in [-0.39, 0.29) is 23.0 Å². The Morgan fingerprint density at radius 2 is 0.952 bits per heavy atom. The van der Waals surface area contributed by atoms with Crippen LogP contribution in [0.2, 0.25) is 0 Å². The fourth-order valence-corrected chi connectivity index (χ4v) is 17.6. The Bertz CT molecular complexity index is 2180. The zero-order valence-corrected chi connectivity index (χ0v) is 48.3. The average Bonchev–Trinajstić information content (AvgIpc) is 1.71. The monoisotopic (exact) mass is 1210 g/mol. The van der Waals surface area contributed by atoms with Crippen LogP contribution in [0.15, 0.2) is 0 Å². The molecule has 37 atom stereocenters. The minimum atomic E-state index is -2.15. The molecule has 4 aliphatic carbocycles. The Kier molecular flexibility index (Phi) is 19.3. The SMILES string of the molecule is C[C@@H]1CC[C@@]2(OC1)O[C@H]1C[C@H]3[C@@H]4CC[C@H]5C[C@@H](O[C@@H]6O[C@H](CO)[C@H](O[C@@H]7O[C@H](CO)[C@@H](O)[C@H](O)[C@H]7O[C@@H]7O[C@H](CO)[C@@H](O)[C@H](O[C@@H]8O[C@H](CO)[C@@H](O[C@@H]9O[C@@H](C)[C@H](O)[C@@H](O)[C@H]9O)[C@H](O)[C@H]8O)[C@H]7O)[C@H](O)[C@H]6O)CC[C@]5(C)[C@H]4CC[C@]3(C)[C@H]1[C@@H]2C. The van der Waals surface area contributed by atoms with Gasteiger partial charge in [0.2, 0.25) is 0 Å². The van der Waals surface area contributed by atoms with Crippen LogP contribution in [0.1, 0.15) is 98.8 Å². The molecule has 4 saturated carbocycles. The molecule has 0 aromatic heterocycles. The lowest BCUT2D eigenvalue weighted by atomic mass is 9.44. The number of aliphatic hydroxyl groups is 15. The first-order valence-electron chi connectivity index (χ1n) is 30.7. The van der Waals surface area contributed by atoms with Crippen molar-refractivity contribution in [3.05, 3.63) is 0 Å². The highest BCUT2D eigenvalue weighted by Crippen LogP contribution is 2.71. The summed E-state index contributed by atoms with van der Waals surface area (Å²) in [5.41, 5.74) is 0.255. The lowest BCUT2D eigenvalue weighted by Gasteiger charge is -2.61. The van der Waals surface area contributed by atoms with Crippen molar-refractivity contribution in [1.29, 1.82) is 0 Å². The van der Waals surface area contributed by atoms with Crippen molar-refractivity contribution in [2.24, 2.45) is 52.3 Å². The first kappa shape index (κ1) is 64.4. The summed E-state index contributed by atoms with van der Waals surface area (Å²) in [5.74, 6) is 2.93. The quantitative estimate of drug-likeness (QED) is 0.0736. The van der Waals surface area contributed by atoms with Gasteiger partial charge in [0.15, 0.2) is 37.2 Å². The molecule has 0 radical (unpaired) electrons. The fraction of sp³-hybridized carbons (Fsp3) is 1.00. The predicted octanol–water partition coefficient (Wildman–Crippen LogP) is -4.06. The maximum absolute atomic E-state index is 11.8. The zero-order chi connectivity index (χ0) is 60.2. The predicted molar refractivity (Wildman–Crippen MR) is 279 cm³/mol. The largest absolute Gasteiger partial charge is 0.394 e. The number of ether oxygens (including phenoxy) is 12. The molecule has 0 bridgehead atoms. The van der Waals surface area contributed by atoms with Crippen LogP contribution in [0.3, 0.4) is 0 Å². The van der Waals surface area contributed by atoms with Crippen LogP contribution in [0.4, 0.5) is 0 Å². The van der Waals surface area contributed by atoms with Crippen molar-refractivity contribution in [2.75, 3.05) is 33.0 Å². The summed E-state index contributed by atoms with van der Waals surface area (Å²) in [6.45, 7) is 8.18. The molecule has 7 heterocycles. The highest BCUT2D eigenvalue weighted by molar-refractivity contribution is 5.16. The average molecular weight is 1210 g/mol. The highest BCUT2D eigenvalue weighted by Gasteiger charge is 2.70. The number of rotatable bonds is 14. The topological polar surface area (TPSA) is 414 Å². The van der Waals surface area contributed by atoms with E-state index < -0.39 is 186 Å². The van der Waals surface area contributed by atoms with Crippen LogP contribution in [0.25, 0.3) is 0 Å². The molecule has 27 heteroatoms. The number of hydrogen-bond donors (Lipinski definition) is 15. The normalized spacial score (nSPS) is 57.7. The van der Waals surface area contributed by atoms with E-state index in [0.717, 1.165) is 58.0 Å². The van der Waals surface area contributed by atoms with E-state index in [1.807, 2.05) is 0 Å². The van der Waals surface area contributed by atoms with Gasteiger partial charge >= 0.3 is 0 Å². The van der Waals surface area contributed by atoms with Crippen molar-refractivity contribution < 1.29 is 133 Å². The summed E-state index contributed by atoms with van der Waals surface area (Å²) in [5, 5.41) is 164. The first-order valence-corrected chi connectivity index (χ1v) is 30.7. The molecule has 0 unspecified atom stereocenters. The molecule has 1 spiro atoms. The minimum Gasteiger partial charge on any atom is -0.394 e. The smallest absolute Gasteiger partial charge is 0.187 e. The summed E-state index contributed by atoms with van der Waals surface area (Å²) < 4.78 is 72.6. The molecule has 15 N–H and O–H groups in total. The van der Waals surface area contributed by atoms with Gasteiger partial charge in [-0.2, -0.15) is 0 Å². The Labute approximate surface area is 487 Å². The molecule has 11 aliphatic rings. The second kappa shape index (κ2) is 25.2. The van der Waals surface area contributed by atoms with Gasteiger partial charge in [-0.3, -0.25) is 0 Å². The lowest BCUT2D eigenvalue weighted by molar-refractivity contribution is -0.401. The van der Waals surface area contributed by atoms with E-state index >= 15 is 0 Å². The lowest BCUT2D eigenvalue weighted by Crippen LogP contribution is -2.68. The van der Waals surface area contributed by atoms with Gasteiger partial charge in [0.05, 0.1) is 51.3 Å². The Hall–Kier alpha value is -1.08. The maximum atomic E-state index is 11.8. The Morgan fingerprint density at radius 3 is 1.58 bits per heavy atom. The molecule has 484 valence electrons. The van der Waals surface area contributed by atoms with Gasteiger partial charge in [0.1, 0.15) is 116 Å². The maximum Gasteiger partial charge on any atom is 0.187 e. The van der Waals surface area contributed by atoms with Gasteiger partial charge in [-0.1, -0.05) is 27.7 Å². The van der Waals surface area contributed by atoms with Crippen LogP contribution >= 0.6 is 0 Å². The molecule has 0 amide bonds. The summed E-state index contributed by atoms with van der Waals surface area (Å²) in [6, 6.07) is 0. The molecule has 11 fully saturated rings. The van der Waals surface area contributed by atoms with Crippen LogP contribution in [0.5, 0.6) is 0 Å². The summed E-state index contributed by atoms with van der Waals surface area (Å²) in [4.78, 5) is 0. The minimum absolute atomic E-state index is 0.0708. The van der Waals surface area contributed by atoms with Crippen LogP contribution in [0, 0.1) is 52.3 Å².